The molecule has 112 valence electrons. The van der Waals surface area contributed by atoms with E-state index in [9.17, 15) is 4.79 Å². The summed E-state index contributed by atoms with van der Waals surface area (Å²) in [6.07, 6.45) is 8.02. The topological polar surface area (TPSA) is 44.1 Å². The molecular weight excluding hydrogens is 252 g/mol. The van der Waals surface area contributed by atoms with Crippen molar-refractivity contribution in [3.63, 3.8) is 0 Å². The molecule has 1 saturated carbocycles. The van der Waals surface area contributed by atoms with E-state index in [1.165, 1.54) is 38.5 Å². The molecule has 0 aromatic carbocycles. The minimum absolute atomic E-state index is 0.154. The average Bonchev–Trinajstić information content (AvgIpc) is 2.64. The molecule has 0 bridgehead atoms. The second-order valence-corrected chi connectivity index (χ2v) is 5.72. The summed E-state index contributed by atoms with van der Waals surface area (Å²) < 4.78 is 7.22. The van der Waals surface area contributed by atoms with E-state index in [2.05, 4.69) is 11.6 Å². The molecule has 1 heterocycles. The second kappa shape index (κ2) is 6.91. The van der Waals surface area contributed by atoms with Gasteiger partial charge < -0.3 is 4.74 Å². The summed E-state index contributed by atoms with van der Waals surface area (Å²) >= 11 is 0. The Labute approximate surface area is 121 Å². The van der Waals surface area contributed by atoms with Gasteiger partial charge in [-0.15, -0.1) is 0 Å². The van der Waals surface area contributed by atoms with Crippen LogP contribution >= 0.6 is 0 Å². The maximum atomic E-state index is 11.7. The van der Waals surface area contributed by atoms with Crippen LogP contribution in [-0.2, 0) is 16.0 Å². The summed E-state index contributed by atoms with van der Waals surface area (Å²) in [5, 5.41) is 4.70. The molecule has 4 nitrogen and oxygen atoms in total. The lowest BCUT2D eigenvalue weighted by atomic mass is 10.1. The predicted molar refractivity (Wildman–Crippen MR) is 78.8 cm³/mol. The summed E-state index contributed by atoms with van der Waals surface area (Å²) in [7, 11) is 0. The third-order valence-electron chi connectivity index (χ3n) is 4.27. The molecule has 1 fully saturated rings. The fraction of sp³-hybridized carbons (Fsp3) is 0.750. The Kier molecular flexibility index (Phi) is 5.21. The van der Waals surface area contributed by atoms with Gasteiger partial charge in [-0.2, -0.15) is 5.10 Å². The van der Waals surface area contributed by atoms with Gasteiger partial charge in [-0.3, -0.25) is 9.48 Å². The molecule has 0 atom stereocenters. The number of hydrogen-bond acceptors (Lipinski definition) is 3. The number of rotatable bonds is 4. The van der Waals surface area contributed by atoms with Crippen molar-refractivity contribution in [1.82, 2.24) is 9.78 Å². The van der Waals surface area contributed by atoms with Gasteiger partial charge in [-0.1, -0.05) is 25.7 Å². The van der Waals surface area contributed by atoms with Crippen LogP contribution in [0.15, 0.2) is 0 Å². The molecule has 0 unspecified atom stereocenters. The summed E-state index contributed by atoms with van der Waals surface area (Å²) in [4.78, 5) is 11.7. The van der Waals surface area contributed by atoms with E-state index in [1.807, 2.05) is 13.8 Å². The molecule has 1 aliphatic rings. The normalized spacial score (nSPS) is 16.9. The predicted octanol–water partition coefficient (Wildman–Crippen LogP) is 3.50. The van der Waals surface area contributed by atoms with Gasteiger partial charge in [0.15, 0.2) is 0 Å². The molecule has 4 heteroatoms. The van der Waals surface area contributed by atoms with Crippen molar-refractivity contribution >= 4 is 5.97 Å². The average molecular weight is 278 g/mol. The van der Waals surface area contributed by atoms with Crippen LogP contribution in [0.2, 0.25) is 0 Å². The molecule has 20 heavy (non-hydrogen) atoms. The summed E-state index contributed by atoms with van der Waals surface area (Å²) in [5.74, 6) is -0.154. The lowest BCUT2D eigenvalue weighted by Crippen LogP contribution is -2.13. The molecule has 0 radical (unpaired) electrons. The maximum absolute atomic E-state index is 11.7. The van der Waals surface area contributed by atoms with Crippen LogP contribution in [0.5, 0.6) is 0 Å². The van der Waals surface area contributed by atoms with Crippen molar-refractivity contribution in [2.24, 2.45) is 0 Å². The molecule has 0 N–H and O–H groups in total. The third-order valence-corrected chi connectivity index (χ3v) is 4.27. The van der Waals surface area contributed by atoms with Gasteiger partial charge >= 0.3 is 5.97 Å². The van der Waals surface area contributed by atoms with Gasteiger partial charge in [0.05, 0.1) is 24.8 Å². The highest BCUT2D eigenvalue weighted by Crippen LogP contribution is 2.29. The monoisotopic (exact) mass is 278 g/mol. The summed E-state index contributed by atoms with van der Waals surface area (Å²) in [6.45, 7) is 6.36. The highest BCUT2D eigenvalue weighted by Gasteiger charge is 2.21. The van der Waals surface area contributed by atoms with E-state index in [-0.39, 0.29) is 5.97 Å². The Bertz CT molecular complexity index is 457. The van der Waals surface area contributed by atoms with Crippen molar-refractivity contribution in [3.05, 3.63) is 17.0 Å². The van der Waals surface area contributed by atoms with Crippen molar-refractivity contribution in [2.45, 2.75) is 71.8 Å². The first-order valence-electron chi connectivity index (χ1n) is 7.83. The van der Waals surface area contributed by atoms with Crippen LogP contribution in [0.4, 0.5) is 0 Å². The summed E-state index contributed by atoms with van der Waals surface area (Å²) in [6, 6.07) is 0.507. The minimum atomic E-state index is -0.154. The molecule has 1 aliphatic carbocycles. The highest BCUT2D eigenvalue weighted by molar-refractivity contribution is 5.73. The molecule has 0 spiro atoms. The standard InChI is InChI=1S/C16H26N2O2/c1-4-20-16(19)11-15-12(2)17-18(13(15)3)14-9-7-5-6-8-10-14/h14H,4-11H2,1-3H3. The number of nitrogens with zero attached hydrogens (tertiary/aromatic N) is 2. The van der Waals surface area contributed by atoms with Crippen LogP contribution < -0.4 is 0 Å². The van der Waals surface area contributed by atoms with E-state index in [4.69, 9.17) is 9.84 Å². The largest absolute Gasteiger partial charge is 0.466 e. The fourth-order valence-electron chi connectivity index (χ4n) is 3.17. The number of hydrogen-bond donors (Lipinski definition) is 0. The first-order chi connectivity index (χ1) is 9.63. The third kappa shape index (κ3) is 3.41. The maximum Gasteiger partial charge on any atom is 0.310 e. The zero-order valence-corrected chi connectivity index (χ0v) is 12.9. The number of carbonyl (C=O) groups excluding carboxylic acids is 1. The lowest BCUT2D eigenvalue weighted by Gasteiger charge is -2.17. The van der Waals surface area contributed by atoms with Crippen LogP contribution in [0.25, 0.3) is 0 Å². The zero-order chi connectivity index (χ0) is 14.5. The molecule has 1 aromatic heterocycles. The Balaban J connectivity index is 2.16. The van der Waals surface area contributed by atoms with Gasteiger partial charge in [0.2, 0.25) is 0 Å². The molecule has 0 saturated heterocycles. The number of ether oxygens (including phenoxy) is 1. The number of esters is 1. The molecule has 2 rings (SSSR count). The number of aromatic nitrogens is 2. The number of carbonyl (C=O) groups is 1. The summed E-state index contributed by atoms with van der Waals surface area (Å²) in [5.41, 5.74) is 3.16. The quantitative estimate of drug-likeness (QED) is 0.625. The Morgan fingerprint density at radius 1 is 1.25 bits per heavy atom. The molecular formula is C16H26N2O2. The fourth-order valence-corrected chi connectivity index (χ4v) is 3.17. The SMILES string of the molecule is CCOC(=O)Cc1c(C)nn(C2CCCCCC2)c1C. The molecule has 1 aromatic rings. The smallest absolute Gasteiger partial charge is 0.310 e. The second-order valence-electron chi connectivity index (χ2n) is 5.72. The van der Waals surface area contributed by atoms with Gasteiger partial charge in [-0.25, -0.2) is 0 Å². The van der Waals surface area contributed by atoms with Crippen molar-refractivity contribution < 1.29 is 9.53 Å². The van der Waals surface area contributed by atoms with Gasteiger partial charge in [0.1, 0.15) is 0 Å². The van der Waals surface area contributed by atoms with Crippen LogP contribution in [0, 0.1) is 13.8 Å². The molecule has 0 aliphatic heterocycles. The zero-order valence-electron chi connectivity index (χ0n) is 12.9. The minimum Gasteiger partial charge on any atom is -0.466 e. The first-order valence-corrected chi connectivity index (χ1v) is 7.83. The lowest BCUT2D eigenvalue weighted by molar-refractivity contribution is -0.142. The highest BCUT2D eigenvalue weighted by atomic mass is 16.5. The van der Waals surface area contributed by atoms with Crippen molar-refractivity contribution in [3.8, 4) is 0 Å². The Morgan fingerprint density at radius 3 is 2.50 bits per heavy atom. The Morgan fingerprint density at radius 2 is 1.90 bits per heavy atom. The van der Waals surface area contributed by atoms with Crippen LogP contribution in [0.3, 0.4) is 0 Å². The van der Waals surface area contributed by atoms with E-state index in [0.29, 0.717) is 19.1 Å². The van der Waals surface area contributed by atoms with E-state index in [1.54, 1.807) is 0 Å². The van der Waals surface area contributed by atoms with Gasteiger partial charge in [0, 0.05) is 11.3 Å². The first kappa shape index (κ1) is 15.1. The Hall–Kier alpha value is -1.32. The van der Waals surface area contributed by atoms with Crippen molar-refractivity contribution in [1.29, 1.82) is 0 Å². The van der Waals surface area contributed by atoms with Crippen LogP contribution in [-0.4, -0.2) is 22.4 Å². The number of aryl methyl sites for hydroxylation is 1. The van der Waals surface area contributed by atoms with E-state index >= 15 is 0 Å². The molecule has 0 amide bonds. The van der Waals surface area contributed by atoms with Gasteiger partial charge in [-0.05, 0) is 33.6 Å². The van der Waals surface area contributed by atoms with Crippen LogP contribution in [0.1, 0.15) is 68.4 Å². The van der Waals surface area contributed by atoms with Crippen molar-refractivity contribution in [2.75, 3.05) is 6.61 Å². The van der Waals surface area contributed by atoms with E-state index < -0.39 is 0 Å². The van der Waals surface area contributed by atoms with Gasteiger partial charge in [0.25, 0.3) is 0 Å². The van der Waals surface area contributed by atoms with E-state index in [0.717, 1.165) is 17.0 Å².